The summed E-state index contributed by atoms with van der Waals surface area (Å²) in [5.74, 6) is -1.24. The molecular weight excluding hydrogens is 490 g/mol. The first kappa shape index (κ1) is 28.3. The molecule has 0 spiro atoms. The van der Waals surface area contributed by atoms with Crippen LogP contribution >= 0.6 is 0 Å². The van der Waals surface area contributed by atoms with E-state index >= 15 is 0 Å². The van der Waals surface area contributed by atoms with Crippen molar-refractivity contribution in [2.45, 2.75) is 59.0 Å². The number of nitrogens with one attached hydrogen (secondary N) is 1. The summed E-state index contributed by atoms with van der Waals surface area (Å²) in [6, 6.07) is 16.8. The van der Waals surface area contributed by atoms with Gasteiger partial charge in [0.2, 0.25) is 23.6 Å². The van der Waals surface area contributed by atoms with Crippen LogP contribution in [0.25, 0.3) is 0 Å². The number of carbonyl (C=O) groups excluding carboxylic acids is 4. The van der Waals surface area contributed by atoms with E-state index in [1.807, 2.05) is 87.5 Å². The van der Waals surface area contributed by atoms with Gasteiger partial charge in [-0.1, -0.05) is 80.6 Å². The lowest BCUT2D eigenvalue weighted by atomic mass is 9.85. The highest BCUT2D eigenvalue weighted by Crippen LogP contribution is 2.35. The number of allylic oxidation sites excluding steroid dienone is 2. The van der Waals surface area contributed by atoms with Crippen LogP contribution in [0.3, 0.4) is 0 Å². The second kappa shape index (κ2) is 12.9. The third-order valence-corrected chi connectivity index (χ3v) is 7.71. The van der Waals surface area contributed by atoms with Crippen LogP contribution in [-0.2, 0) is 32.1 Å². The summed E-state index contributed by atoms with van der Waals surface area (Å²) in [6.45, 7) is 6.83. The summed E-state index contributed by atoms with van der Waals surface area (Å²) in [5, 5.41) is 3.02. The molecule has 206 valence electrons. The topological polar surface area (TPSA) is 86.8 Å². The number of hydrogen-bond acceptors (Lipinski definition) is 4. The minimum atomic E-state index is -0.741. The molecule has 7 nitrogen and oxygen atoms in total. The Morgan fingerprint density at radius 3 is 2.18 bits per heavy atom. The van der Waals surface area contributed by atoms with Crippen LogP contribution in [0.2, 0.25) is 0 Å². The molecule has 0 unspecified atom stereocenters. The van der Waals surface area contributed by atoms with Crippen molar-refractivity contribution in [3.8, 4) is 0 Å². The Morgan fingerprint density at radius 1 is 0.949 bits per heavy atom. The van der Waals surface area contributed by atoms with Crippen molar-refractivity contribution in [2.24, 2.45) is 17.8 Å². The van der Waals surface area contributed by atoms with Gasteiger partial charge in [-0.15, -0.1) is 0 Å². The maximum absolute atomic E-state index is 13.9. The molecule has 1 saturated heterocycles. The molecule has 0 saturated carbocycles. The SMILES string of the molecule is Cc1ccccc1CN(C(=O)CCN1C(=O)[C@H]2CC=CC[C@H]2C1=O)[C@@H](Cc1ccccc1)C(=O)NCC(C)C. The van der Waals surface area contributed by atoms with Crippen molar-refractivity contribution in [2.75, 3.05) is 13.1 Å². The monoisotopic (exact) mass is 529 g/mol. The number of carbonyl (C=O) groups is 4. The third-order valence-electron chi connectivity index (χ3n) is 7.71. The molecule has 3 atom stereocenters. The lowest BCUT2D eigenvalue weighted by Crippen LogP contribution is -2.51. The lowest BCUT2D eigenvalue weighted by molar-refractivity contribution is -0.144. The molecular formula is C32H39N3O4. The molecule has 4 rings (SSSR count). The molecule has 1 aliphatic carbocycles. The van der Waals surface area contributed by atoms with E-state index in [-0.39, 0.29) is 60.9 Å². The van der Waals surface area contributed by atoms with Crippen molar-refractivity contribution >= 4 is 23.6 Å². The summed E-state index contributed by atoms with van der Waals surface area (Å²) in [7, 11) is 0. The molecule has 39 heavy (non-hydrogen) atoms. The van der Waals surface area contributed by atoms with Gasteiger partial charge < -0.3 is 10.2 Å². The first-order valence-electron chi connectivity index (χ1n) is 13.9. The Bertz CT molecular complexity index is 1200. The first-order chi connectivity index (χ1) is 18.8. The van der Waals surface area contributed by atoms with E-state index in [4.69, 9.17) is 0 Å². The maximum Gasteiger partial charge on any atom is 0.243 e. The van der Waals surface area contributed by atoms with Crippen LogP contribution in [0.5, 0.6) is 0 Å². The fourth-order valence-corrected chi connectivity index (χ4v) is 5.39. The number of benzene rings is 2. The van der Waals surface area contributed by atoms with E-state index in [0.717, 1.165) is 16.7 Å². The average Bonchev–Trinajstić information content (AvgIpc) is 3.18. The molecule has 1 heterocycles. The lowest BCUT2D eigenvalue weighted by Gasteiger charge is -2.32. The molecule has 7 heteroatoms. The van der Waals surface area contributed by atoms with Gasteiger partial charge in [0.1, 0.15) is 6.04 Å². The molecule has 0 bridgehead atoms. The average molecular weight is 530 g/mol. The minimum absolute atomic E-state index is 0.0272. The van der Waals surface area contributed by atoms with Gasteiger partial charge in [-0.25, -0.2) is 0 Å². The van der Waals surface area contributed by atoms with Crippen molar-refractivity contribution < 1.29 is 19.2 Å². The van der Waals surface area contributed by atoms with Gasteiger partial charge in [0.05, 0.1) is 11.8 Å². The number of imide groups is 1. The number of fused-ring (bicyclic) bond motifs is 1. The number of likely N-dealkylation sites (tertiary alicyclic amines) is 1. The number of aryl methyl sites for hydroxylation is 1. The zero-order valence-electron chi connectivity index (χ0n) is 23.1. The third kappa shape index (κ3) is 6.83. The van der Waals surface area contributed by atoms with Crippen LogP contribution in [-0.4, -0.2) is 52.6 Å². The highest BCUT2D eigenvalue weighted by Gasteiger charge is 2.47. The fraction of sp³-hybridized carbons (Fsp3) is 0.438. The standard InChI is InChI=1S/C32H39N3O4/c1-22(2)20-33-30(37)28(19-24-12-5-4-6-13-24)35(21-25-14-8-7-11-23(25)3)29(36)17-18-34-31(38)26-15-9-10-16-27(26)32(34)39/h4-14,22,26-28H,15-21H2,1-3H3,(H,33,37)/t26-,27+,28-/m0/s1. The number of amides is 4. The summed E-state index contributed by atoms with van der Waals surface area (Å²) in [5.41, 5.74) is 2.93. The van der Waals surface area contributed by atoms with Crippen LogP contribution in [0.4, 0.5) is 0 Å². The largest absolute Gasteiger partial charge is 0.354 e. The number of hydrogen-bond donors (Lipinski definition) is 1. The Hall–Kier alpha value is -3.74. The molecule has 2 aromatic carbocycles. The highest BCUT2D eigenvalue weighted by atomic mass is 16.2. The van der Waals surface area contributed by atoms with E-state index < -0.39 is 6.04 Å². The van der Waals surface area contributed by atoms with Crippen LogP contribution in [0.15, 0.2) is 66.7 Å². The predicted molar refractivity (Wildman–Crippen MR) is 150 cm³/mol. The molecule has 1 N–H and O–H groups in total. The van der Waals surface area contributed by atoms with E-state index in [9.17, 15) is 19.2 Å². The Kier molecular flexibility index (Phi) is 9.33. The number of rotatable bonds is 11. The molecule has 1 fully saturated rings. The highest BCUT2D eigenvalue weighted by molar-refractivity contribution is 6.05. The molecule has 4 amide bonds. The Balaban J connectivity index is 1.59. The van der Waals surface area contributed by atoms with E-state index in [1.165, 1.54) is 4.90 Å². The van der Waals surface area contributed by atoms with E-state index in [1.54, 1.807) is 4.90 Å². The van der Waals surface area contributed by atoms with Gasteiger partial charge in [0.15, 0.2) is 0 Å². The number of nitrogens with zero attached hydrogens (tertiary/aromatic N) is 2. The second-order valence-electron chi connectivity index (χ2n) is 11.0. The summed E-state index contributed by atoms with van der Waals surface area (Å²) < 4.78 is 0. The smallest absolute Gasteiger partial charge is 0.243 e. The van der Waals surface area contributed by atoms with Crippen molar-refractivity contribution in [3.05, 3.63) is 83.4 Å². The van der Waals surface area contributed by atoms with Crippen molar-refractivity contribution in [3.63, 3.8) is 0 Å². The molecule has 0 radical (unpaired) electrons. The van der Waals surface area contributed by atoms with E-state index in [2.05, 4.69) is 5.32 Å². The van der Waals surface area contributed by atoms with Gasteiger partial charge in [-0.2, -0.15) is 0 Å². The van der Waals surface area contributed by atoms with Crippen LogP contribution in [0.1, 0.15) is 49.8 Å². The Labute approximate surface area is 231 Å². The first-order valence-corrected chi connectivity index (χ1v) is 13.9. The maximum atomic E-state index is 13.9. The zero-order chi connectivity index (χ0) is 27.9. The Morgan fingerprint density at radius 2 is 1.56 bits per heavy atom. The predicted octanol–water partition coefficient (Wildman–Crippen LogP) is 4.05. The molecule has 1 aliphatic heterocycles. The normalized spacial score (nSPS) is 19.2. The van der Waals surface area contributed by atoms with Crippen LogP contribution < -0.4 is 5.32 Å². The second-order valence-corrected chi connectivity index (χ2v) is 11.0. The summed E-state index contributed by atoms with van der Waals surface area (Å²) in [4.78, 5) is 56.3. The van der Waals surface area contributed by atoms with Gasteiger partial charge in [-0.05, 0) is 42.4 Å². The molecule has 0 aromatic heterocycles. The summed E-state index contributed by atoms with van der Waals surface area (Å²) in [6.07, 6.45) is 5.37. The van der Waals surface area contributed by atoms with Crippen LogP contribution in [0, 0.1) is 24.7 Å². The molecule has 2 aliphatic rings. The van der Waals surface area contributed by atoms with Crippen molar-refractivity contribution in [1.82, 2.24) is 15.1 Å². The van der Waals surface area contributed by atoms with Gasteiger partial charge in [0.25, 0.3) is 0 Å². The fourth-order valence-electron chi connectivity index (χ4n) is 5.39. The minimum Gasteiger partial charge on any atom is -0.354 e. The van der Waals surface area contributed by atoms with E-state index in [0.29, 0.717) is 25.8 Å². The molecule has 2 aromatic rings. The van der Waals surface area contributed by atoms with Gasteiger partial charge in [-0.3, -0.25) is 24.1 Å². The van der Waals surface area contributed by atoms with Gasteiger partial charge in [0, 0.05) is 32.5 Å². The zero-order valence-corrected chi connectivity index (χ0v) is 23.1. The quantitative estimate of drug-likeness (QED) is 0.352. The van der Waals surface area contributed by atoms with Gasteiger partial charge >= 0.3 is 0 Å². The van der Waals surface area contributed by atoms with Crippen molar-refractivity contribution in [1.29, 1.82) is 0 Å². The summed E-state index contributed by atoms with van der Waals surface area (Å²) >= 11 is 0.